The summed E-state index contributed by atoms with van der Waals surface area (Å²) in [6.45, 7) is 0.471. The maximum absolute atomic E-state index is 11.9. The van der Waals surface area contributed by atoms with Gasteiger partial charge in [-0.25, -0.2) is 8.42 Å². The first-order chi connectivity index (χ1) is 7.45. The topological polar surface area (TPSA) is 61.2 Å². The molecule has 0 fully saturated rings. The van der Waals surface area contributed by atoms with Gasteiger partial charge in [-0.3, -0.25) is 0 Å². The Kier molecular flexibility index (Phi) is 4.05. The number of nitriles is 1. The second-order valence-electron chi connectivity index (χ2n) is 3.76. The number of rotatable bonds is 4. The minimum Gasteiger partial charge on any atom is -0.308 e. The van der Waals surface area contributed by atoms with Crippen molar-refractivity contribution < 1.29 is 8.42 Å². The lowest BCUT2D eigenvalue weighted by Crippen LogP contribution is -2.22. The molecule has 0 bridgehead atoms. The first kappa shape index (κ1) is 12.7. The molecule has 0 atom stereocenters. The van der Waals surface area contributed by atoms with Crippen molar-refractivity contribution in [3.05, 3.63) is 29.8 Å². The Labute approximate surface area is 96.0 Å². The van der Waals surface area contributed by atoms with Crippen LogP contribution in [0.15, 0.2) is 29.2 Å². The smallest absolute Gasteiger partial charge is 0.179 e. The summed E-state index contributed by atoms with van der Waals surface area (Å²) in [5.74, 6) is 0.0644. The summed E-state index contributed by atoms with van der Waals surface area (Å²) in [6, 6.07) is 8.03. The highest BCUT2D eigenvalue weighted by Crippen LogP contribution is 2.12. The highest BCUT2D eigenvalue weighted by molar-refractivity contribution is 7.91. The molecule has 86 valence electrons. The Bertz CT molecular complexity index is 501. The van der Waals surface area contributed by atoms with Crippen molar-refractivity contribution in [2.75, 3.05) is 26.4 Å². The number of nitrogens with zero attached hydrogens (tertiary/aromatic N) is 2. The molecular weight excluding hydrogens is 224 g/mol. The van der Waals surface area contributed by atoms with Crippen LogP contribution in [0.1, 0.15) is 5.56 Å². The predicted molar refractivity (Wildman–Crippen MR) is 61.8 cm³/mol. The molecule has 4 nitrogen and oxygen atoms in total. The number of hydrogen-bond donors (Lipinski definition) is 0. The Balaban J connectivity index is 2.95. The van der Waals surface area contributed by atoms with Gasteiger partial charge >= 0.3 is 0 Å². The molecule has 0 radical (unpaired) electrons. The lowest BCUT2D eigenvalue weighted by atomic mass is 10.2. The van der Waals surface area contributed by atoms with Gasteiger partial charge in [0.25, 0.3) is 0 Å². The molecule has 5 heteroatoms. The van der Waals surface area contributed by atoms with Crippen LogP contribution in [0, 0.1) is 11.3 Å². The Hall–Kier alpha value is -1.38. The van der Waals surface area contributed by atoms with Gasteiger partial charge in [0, 0.05) is 6.54 Å². The molecule has 0 spiro atoms. The molecule has 0 aliphatic heterocycles. The molecule has 0 aromatic heterocycles. The maximum atomic E-state index is 11.9. The molecule has 16 heavy (non-hydrogen) atoms. The van der Waals surface area contributed by atoms with Crippen LogP contribution in [0.4, 0.5) is 0 Å². The van der Waals surface area contributed by atoms with E-state index in [2.05, 4.69) is 0 Å². The van der Waals surface area contributed by atoms with E-state index in [1.54, 1.807) is 12.1 Å². The Morgan fingerprint density at radius 3 is 2.62 bits per heavy atom. The monoisotopic (exact) mass is 238 g/mol. The average Bonchev–Trinajstić information content (AvgIpc) is 2.27. The summed E-state index contributed by atoms with van der Waals surface area (Å²) < 4.78 is 23.7. The first-order valence-corrected chi connectivity index (χ1v) is 6.48. The van der Waals surface area contributed by atoms with Crippen LogP contribution in [-0.4, -0.2) is 39.7 Å². The molecule has 0 saturated carbocycles. The lowest BCUT2D eigenvalue weighted by Gasteiger charge is -2.09. The van der Waals surface area contributed by atoms with Gasteiger partial charge < -0.3 is 4.90 Å². The Morgan fingerprint density at radius 1 is 1.38 bits per heavy atom. The molecule has 0 N–H and O–H groups in total. The van der Waals surface area contributed by atoms with E-state index in [4.69, 9.17) is 5.26 Å². The third-order valence-electron chi connectivity index (χ3n) is 2.13. The minimum atomic E-state index is -3.28. The summed E-state index contributed by atoms with van der Waals surface area (Å²) >= 11 is 0. The van der Waals surface area contributed by atoms with Crippen LogP contribution in [-0.2, 0) is 9.84 Å². The lowest BCUT2D eigenvalue weighted by molar-refractivity contribution is 0.432. The molecule has 1 aromatic rings. The fourth-order valence-corrected chi connectivity index (χ4v) is 2.61. The van der Waals surface area contributed by atoms with E-state index in [-0.39, 0.29) is 10.6 Å². The number of benzene rings is 1. The largest absolute Gasteiger partial charge is 0.308 e. The maximum Gasteiger partial charge on any atom is 0.179 e. The third kappa shape index (κ3) is 3.33. The molecule has 0 saturated heterocycles. The summed E-state index contributed by atoms with van der Waals surface area (Å²) in [6.07, 6.45) is 0. The van der Waals surface area contributed by atoms with Crippen molar-refractivity contribution in [3.63, 3.8) is 0 Å². The molecule has 0 heterocycles. The van der Waals surface area contributed by atoms with Crippen LogP contribution in [0.2, 0.25) is 0 Å². The van der Waals surface area contributed by atoms with E-state index in [1.807, 2.05) is 25.1 Å². The second-order valence-corrected chi connectivity index (χ2v) is 5.87. The zero-order valence-electron chi connectivity index (χ0n) is 9.34. The minimum absolute atomic E-state index is 0.0644. The molecule has 0 unspecified atom stereocenters. The normalized spacial score (nSPS) is 11.4. The van der Waals surface area contributed by atoms with E-state index < -0.39 is 9.84 Å². The van der Waals surface area contributed by atoms with E-state index in [0.29, 0.717) is 12.1 Å². The van der Waals surface area contributed by atoms with E-state index in [9.17, 15) is 8.42 Å². The van der Waals surface area contributed by atoms with Gasteiger partial charge in [0.2, 0.25) is 0 Å². The Morgan fingerprint density at radius 2 is 2.06 bits per heavy atom. The molecular formula is C11H14N2O2S. The van der Waals surface area contributed by atoms with Crippen LogP contribution in [0.25, 0.3) is 0 Å². The number of sulfone groups is 1. The fraction of sp³-hybridized carbons (Fsp3) is 0.364. The van der Waals surface area contributed by atoms with Gasteiger partial charge in [-0.05, 0) is 32.3 Å². The quantitative estimate of drug-likeness (QED) is 0.781. The highest BCUT2D eigenvalue weighted by atomic mass is 32.2. The van der Waals surface area contributed by atoms with Crippen molar-refractivity contribution in [1.29, 1.82) is 5.26 Å². The molecule has 1 rings (SSSR count). The van der Waals surface area contributed by atoms with E-state index in [1.165, 1.54) is 12.1 Å². The van der Waals surface area contributed by atoms with Crippen molar-refractivity contribution >= 4 is 9.84 Å². The number of hydrogen-bond acceptors (Lipinski definition) is 4. The summed E-state index contributed by atoms with van der Waals surface area (Å²) in [4.78, 5) is 2.03. The van der Waals surface area contributed by atoms with Gasteiger partial charge in [0.05, 0.1) is 22.3 Å². The zero-order valence-corrected chi connectivity index (χ0v) is 10.2. The van der Waals surface area contributed by atoms with E-state index >= 15 is 0 Å². The van der Waals surface area contributed by atoms with Gasteiger partial charge in [-0.1, -0.05) is 6.07 Å². The van der Waals surface area contributed by atoms with Crippen LogP contribution in [0.3, 0.4) is 0 Å². The summed E-state index contributed by atoms with van der Waals surface area (Å²) in [5, 5.41) is 8.69. The predicted octanol–water partition coefficient (Wildman–Crippen LogP) is 0.894. The molecule has 0 amide bonds. The second kappa shape index (κ2) is 5.10. The first-order valence-electron chi connectivity index (χ1n) is 4.83. The average molecular weight is 238 g/mol. The van der Waals surface area contributed by atoms with Crippen LogP contribution in [0.5, 0.6) is 0 Å². The van der Waals surface area contributed by atoms with Crippen molar-refractivity contribution in [2.24, 2.45) is 0 Å². The van der Waals surface area contributed by atoms with Crippen LogP contribution >= 0.6 is 0 Å². The van der Waals surface area contributed by atoms with Gasteiger partial charge in [0.15, 0.2) is 9.84 Å². The molecule has 1 aromatic carbocycles. The molecule has 0 aliphatic carbocycles. The molecule has 0 aliphatic rings. The van der Waals surface area contributed by atoms with Crippen molar-refractivity contribution in [3.8, 4) is 6.07 Å². The summed E-state index contributed by atoms with van der Waals surface area (Å²) in [5.41, 5.74) is 0.367. The van der Waals surface area contributed by atoms with Gasteiger partial charge in [-0.2, -0.15) is 5.26 Å². The zero-order chi connectivity index (χ0) is 12.2. The van der Waals surface area contributed by atoms with Gasteiger partial charge in [-0.15, -0.1) is 0 Å². The summed E-state index contributed by atoms with van der Waals surface area (Å²) in [7, 11) is 0.361. The van der Waals surface area contributed by atoms with Gasteiger partial charge in [0.1, 0.15) is 0 Å². The third-order valence-corrected chi connectivity index (χ3v) is 3.82. The highest BCUT2D eigenvalue weighted by Gasteiger charge is 2.14. The SMILES string of the molecule is CN(C)CCS(=O)(=O)c1cccc(C#N)c1. The standard InChI is InChI=1S/C11H14N2O2S/c1-13(2)6-7-16(14,15)11-5-3-4-10(8-11)9-12/h3-5,8H,6-7H2,1-2H3. The van der Waals surface area contributed by atoms with Crippen molar-refractivity contribution in [2.45, 2.75) is 4.90 Å². The van der Waals surface area contributed by atoms with Crippen molar-refractivity contribution in [1.82, 2.24) is 4.90 Å². The van der Waals surface area contributed by atoms with E-state index in [0.717, 1.165) is 0 Å². The van der Waals surface area contributed by atoms with Crippen LogP contribution < -0.4 is 0 Å². The fourth-order valence-electron chi connectivity index (χ4n) is 1.18.